The molecule has 1 aliphatic rings. The first kappa shape index (κ1) is 27.2. The van der Waals surface area contributed by atoms with Crippen molar-refractivity contribution in [2.24, 2.45) is 0 Å². The van der Waals surface area contributed by atoms with Crippen LogP contribution in [0.5, 0.6) is 0 Å². The smallest absolute Gasteiger partial charge is 0.410 e. The van der Waals surface area contributed by atoms with Crippen molar-refractivity contribution in [1.29, 1.82) is 0 Å². The minimum atomic E-state index is -1.25. The number of nitrogens with one attached hydrogen (secondary N) is 1. The predicted octanol–water partition coefficient (Wildman–Crippen LogP) is 4.22. The van der Waals surface area contributed by atoms with Gasteiger partial charge in [0.05, 0.1) is 18.4 Å². The maximum atomic E-state index is 14.5. The minimum Gasteiger partial charge on any atom is -0.444 e. The van der Waals surface area contributed by atoms with Crippen LogP contribution in [0, 0.1) is 12.7 Å². The summed E-state index contributed by atoms with van der Waals surface area (Å²) >= 11 is 0. The summed E-state index contributed by atoms with van der Waals surface area (Å²) in [5.74, 6) is -0.467. The molecule has 1 aromatic carbocycles. The summed E-state index contributed by atoms with van der Waals surface area (Å²) in [5, 5.41) is 3.09. The van der Waals surface area contributed by atoms with Gasteiger partial charge in [0.1, 0.15) is 28.8 Å². The van der Waals surface area contributed by atoms with E-state index >= 15 is 0 Å². The van der Waals surface area contributed by atoms with E-state index in [9.17, 15) is 18.4 Å². The molecule has 1 aliphatic heterocycles. The summed E-state index contributed by atoms with van der Waals surface area (Å²) in [7, 11) is 0. The van der Waals surface area contributed by atoms with Gasteiger partial charge < -0.3 is 20.7 Å². The van der Waals surface area contributed by atoms with Crippen LogP contribution in [0.25, 0.3) is 22.4 Å². The second kappa shape index (κ2) is 10.1. The van der Waals surface area contributed by atoms with Crippen LogP contribution in [0.3, 0.4) is 0 Å². The number of amides is 1. The SMILES string of the molecule is Cc1cc(-c2nc3cnc(N[C@H]4C[C@H](F)CN(C(=O)OC(C)(C)C)C4)nc3n(C(C)C)c2=O)cc(F)c1N. The molecule has 10 nitrogen and oxygen atoms in total. The van der Waals surface area contributed by atoms with Crippen LogP contribution in [-0.4, -0.2) is 61.4 Å². The van der Waals surface area contributed by atoms with Crippen molar-refractivity contribution < 1.29 is 18.3 Å². The number of nitrogens with two attached hydrogens (primary N) is 1. The molecule has 0 unspecified atom stereocenters. The highest BCUT2D eigenvalue weighted by Crippen LogP contribution is 2.26. The lowest BCUT2D eigenvalue weighted by atomic mass is 10.0. The number of aromatic nitrogens is 4. The van der Waals surface area contributed by atoms with Gasteiger partial charge in [0.2, 0.25) is 5.95 Å². The number of hydrogen-bond donors (Lipinski definition) is 2. The van der Waals surface area contributed by atoms with Crippen LogP contribution in [0.15, 0.2) is 23.1 Å². The van der Waals surface area contributed by atoms with Gasteiger partial charge in [0, 0.05) is 30.6 Å². The van der Waals surface area contributed by atoms with Gasteiger partial charge in [-0.15, -0.1) is 0 Å². The van der Waals surface area contributed by atoms with E-state index in [1.54, 1.807) is 33.8 Å². The number of alkyl halides is 1. The third-order valence-electron chi connectivity index (χ3n) is 6.14. The number of halogens is 2. The van der Waals surface area contributed by atoms with E-state index in [1.807, 2.05) is 13.8 Å². The van der Waals surface area contributed by atoms with E-state index in [1.165, 1.54) is 21.7 Å². The topological polar surface area (TPSA) is 128 Å². The Balaban J connectivity index is 1.68. The van der Waals surface area contributed by atoms with Gasteiger partial charge in [0.25, 0.3) is 5.56 Å². The molecule has 38 heavy (non-hydrogen) atoms. The zero-order valence-corrected chi connectivity index (χ0v) is 22.4. The van der Waals surface area contributed by atoms with Crippen LogP contribution in [0.4, 0.5) is 25.2 Å². The number of piperidine rings is 1. The third kappa shape index (κ3) is 5.68. The second-order valence-electron chi connectivity index (χ2n) is 10.9. The van der Waals surface area contributed by atoms with Gasteiger partial charge in [-0.25, -0.2) is 23.5 Å². The minimum absolute atomic E-state index is 0.0150. The fourth-order valence-electron chi connectivity index (χ4n) is 4.43. The van der Waals surface area contributed by atoms with Gasteiger partial charge in [-0.2, -0.15) is 4.98 Å². The Labute approximate surface area is 219 Å². The molecule has 2 atom stereocenters. The van der Waals surface area contributed by atoms with Crippen LogP contribution in [-0.2, 0) is 4.74 Å². The molecule has 4 rings (SSSR count). The summed E-state index contributed by atoms with van der Waals surface area (Å²) in [6.07, 6.45) is -0.243. The van der Waals surface area contributed by atoms with Crippen molar-refractivity contribution in [2.75, 3.05) is 24.1 Å². The first-order chi connectivity index (χ1) is 17.7. The molecular weight excluding hydrogens is 496 g/mol. The zero-order valence-electron chi connectivity index (χ0n) is 22.4. The van der Waals surface area contributed by atoms with Crippen molar-refractivity contribution in [1.82, 2.24) is 24.4 Å². The Morgan fingerprint density at radius 2 is 1.95 bits per heavy atom. The van der Waals surface area contributed by atoms with E-state index in [0.29, 0.717) is 16.6 Å². The maximum Gasteiger partial charge on any atom is 0.410 e. The normalized spacial score (nSPS) is 18.2. The molecule has 3 N–H and O–H groups in total. The fraction of sp³-hybridized carbons (Fsp3) is 0.500. The maximum absolute atomic E-state index is 14.5. The van der Waals surface area contributed by atoms with Crippen LogP contribution in [0.2, 0.25) is 0 Å². The van der Waals surface area contributed by atoms with Gasteiger partial charge in [0.15, 0.2) is 5.65 Å². The van der Waals surface area contributed by atoms with Crippen molar-refractivity contribution >= 4 is 28.9 Å². The molecule has 0 radical (unpaired) electrons. The molecule has 3 heterocycles. The van der Waals surface area contributed by atoms with Crippen molar-refractivity contribution in [2.45, 2.75) is 71.8 Å². The molecule has 2 aromatic heterocycles. The summed E-state index contributed by atoms with van der Waals surface area (Å²) in [6.45, 7) is 10.7. The highest BCUT2D eigenvalue weighted by atomic mass is 19.1. The number of likely N-dealkylation sites (tertiary alicyclic amines) is 1. The third-order valence-corrected chi connectivity index (χ3v) is 6.14. The second-order valence-corrected chi connectivity index (χ2v) is 10.9. The first-order valence-electron chi connectivity index (χ1n) is 12.5. The molecule has 12 heteroatoms. The number of rotatable bonds is 4. The quantitative estimate of drug-likeness (QED) is 0.481. The Bertz CT molecular complexity index is 1410. The number of carbonyl (C=O) groups is 1. The predicted molar refractivity (Wildman–Crippen MR) is 141 cm³/mol. The number of ether oxygens (including phenoxy) is 1. The van der Waals surface area contributed by atoms with Crippen LogP contribution >= 0.6 is 0 Å². The zero-order chi connectivity index (χ0) is 27.9. The molecule has 204 valence electrons. The molecule has 0 bridgehead atoms. The van der Waals surface area contributed by atoms with Gasteiger partial charge in [-0.1, -0.05) is 0 Å². The summed E-state index contributed by atoms with van der Waals surface area (Å²) in [4.78, 5) is 40.6. The summed E-state index contributed by atoms with van der Waals surface area (Å²) in [5.41, 5.74) is 6.05. The lowest BCUT2D eigenvalue weighted by Crippen LogP contribution is -2.51. The number of benzene rings is 1. The monoisotopic (exact) mass is 529 g/mol. The first-order valence-corrected chi connectivity index (χ1v) is 12.5. The highest BCUT2D eigenvalue weighted by Gasteiger charge is 2.33. The van der Waals surface area contributed by atoms with E-state index in [0.717, 1.165) is 0 Å². The summed E-state index contributed by atoms with van der Waals surface area (Å²) < 4.78 is 35.7. The number of nitrogen functional groups attached to an aromatic ring is 1. The molecular formula is C26H33F2N7O3. The Morgan fingerprint density at radius 3 is 2.58 bits per heavy atom. The summed E-state index contributed by atoms with van der Waals surface area (Å²) in [6, 6.07) is 2.02. The average Bonchev–Trinajstić information content (AvgIpc) is 2.80. The molecule has 0 spiro atoms. The number of hydrogen-bond acceptors (Lipinski definition) is 8. The van der Waals surface area contributed by atoms with E-state index in [2.05, 4.69) is 20.3 Å². The molecule has 0 aliphatic carbocycles. The number of fused-ring (bicyclic) bond motifs is 1. The molecule has 3 aromatic rings. The standard InChI is InChI=1S/C26H33F2N7O3/c1-13(2)35-22-19(32-21(23(35)36)15-7-14(3)20(29)18(28)8-15)10-30-24(33-22)31-17-9-16(27)11-34(12-17)25(37)38-26(4,5)6/h7-8,10,13,16-17H,9,11-12,29H2,1-6H3,(H,30,31,33)/t16-,17-/m0/s1. The Morgan fingerprint density at radius 1 is 1.24 bits per heavy atom. The number of aryl methyl sites for hydroxylation is 1. The lowest BCUT2D eigenvalue weighted by Gasteiger charge is -2.36. The van der Waals surface area contributed by atoms with Crippen molar-refractivity contribution in [3.05, 3.63) is 40.1 Å². The van der Waals surface area contributed by atoms with Crippen molar-refractivity contribution in [3.8, 4) is 11.3 Å². The largest absolute Gasteiger partial charge is 0.444 e. The average molecular weight is 530 g/mol. The van der Waals surface area contributed by atoms with Crippen LogP contribution in [0.1, 0.15) is 52.6 Å². The fourth-order valence-corrected chi connectivity index (χ4v) is 4.43. The number of nitrogens with zero attached hydrogens (tertiary/aromatic N) is 5. The van der Waals surface area contributed by atoms with E-state index in [4.69, 9.17) is 10.5 Å². The number of anilines is 2. The van der Waals surface area contributed by atoms with Gasteiger partial charge in [-0.3, -0.25) is 9.36 Å². The van der Waals surface area contributed by atoms with Gasteiger partial charge >= 0.3 is 6.09 Å². The molecule has 1 fully saturated rings. The van der Waals surface area contributed by atoms with E-state index in [-0.39, 0.29) is 48.5 Å². The Kier molecular flexibility index (Phi) is 7.26. The van der Waals surface area contributed by atoms with Gasteiger partial charge in [-0.05, 0) is 59.2 Å². The lowest BCUT2D eigenvalue weighted by molar-refractivity contribution is 0.0124. The molecule has 1 saturated heterocycles. The van der Waals surface area contributed by atoms with Crippen LogP contribution < -0.4 is 16.6 Å². The molecule has 1 amide bonds. The molecule has 0 saturated carbocycles. The number of carbonyl (C=O) groups excluding carboxylic acids is 1. The van der Waals surface area contributed by atoms with E-state index < -0.39 is 35.3 Å². The van der Waals surface area contributed by atoms with Crippen molar-refractivity contribution in [3.63, 3.8) is 0 Å². The Hall–Kier alpha value is -3.83. The highest BCUT2D eigenvalue weighted by molar-refractivity contribution is 5.76.